The number of halogens is 2. The summed E-state index contributed by atoms with van der Waals surface area (Å²) in [6.07, 6.45) is 6.88. The Kier molecular flexibility index (Phi) is 6.62. The first-order valence-corrected chi connectivity index (χ1v) is 11.5. The Bertz CT molecular complexity index is 1360. The van der Waals surface area contributed by atoms with Crippen molar-refractivity contribution in [2.75, 3.05) is 16.5 Å². The number of nitrogens with one attached hydrogen (secondary N) is 1. The third-order valence-corrected chi connectivity index (χ3v) is 6.07. The topological polar surface area (TPSA) is 79.6 Å². The Labute approximate surface area is 198 Å². The molecular formula is C23H19ClFN5O2S. The molecule has 0 bridgehead atoms. The van der Waals surface area contributed by atoms with E-state index in [0.717, 1.165) is 10.4 Å². The second-order valence-electron chi connectivity index (χ2n) is 7.11. The Hall–Kier alpha value is -3.43. The van der Waals surface area contributed by atoms with Crippen molar-refractivity contribution >= 4 is 57.9 Å². The largest absolute Gasteiger partial charge is 0.326 e. The zero-order chi connectivity index (χ0) is 23.5. The minimum atomic E-state index is -0.467. The molecule has 10 heteroatoms. The SMILES string of the molecule is CSc1c(N(C(C)=O)c2cc(NC(=O)Cc3ccc(F)cc3Cl)ccn2)ccn2nccc12. The summed E-state index contributed by atoms with van der Waals surface area (Å²) in [5.74, 6) is -0.672. The Morgan fingerprint density at radius 2 is 2.00 bits per heavy atom. The standard InChI is InChI=1S/C23H19ClFN5O2S/c1-14(31)30(20-7-10-29-19(6-9-27-29)23(20)33-2)21-13-17(5-8-26-21)28-22(32)11-15-3-4-16(25)12-18(15)24/h3-10,12-13H,11H2,1-2H3,(H,26,28,32). The number of hydrogen-bond donors (Lipinski definition) is 1. The van der Waals surface area contributed by atoms with Crippen LogP contribution in [0.3, 0.4) is 0 Å². The molecule has 4 aromatic rings. The molecule has 0 aliphatic heterocycles. The van der Waals surface area contributed by atoms with Gasteiger partial charge in [-0.15, -0.1) is 11.8 Å². The van der Waals surface area contributed by atoms with Gasteiger partial charge in [-0.05, 0) is 42.2 Å². The number of pyridine rings is 2. The van der Waals surface area contributed by atoms with Gasteiger partial charge in [-0.1, -0.05) is 17.7 Å². The minimum absolute atomic E-state index is 0.0261. The van der Waals surface area contributed by atoms with Crippen molar-refractivity contribution in [1.29, 1.82) is 0 Å². The van der Waals surface area contributed by atoms with Crippen LogP contribution in [0.1, 0.15) is 12.5 Å². The van der Waals surface area contributed by atoms with Crippen LogP contribution in [0.5, 0.6) is 0 Å². The molecule has 168 valence electrons. The summed E-state index contributed by atoms with van der Waals surface area (Å²) in [6.45, 7) is 1.45. The molecule has 0 spiro atoms. The molecule has 0 radical (unpaired) electrons. The van der Waals surface area contributed by atoms with Crippen LogP contribution in [0.25, 0.3) is 5.52 Å². The van der Waals surface area contributed by atoms with Gasteiger partial charge < -0.3 is 5.32 Å². The fourth-order valence-corrected chi connectivity index (χ4v) is 4.44. The predicted molar refractivity (Wildman–Crippen MR) is 128 cm³/mol. The van der Waals surface area contributed by atoms with E-state index in [4.69, 9.17) is 11.6 Å². The number of amides is 2. The first-order chi connectivity index (χ1) is 15.9. The molecule has 2 amide bonds. The van der Waals surface area contributed by atoms with Crippen LogP contribution in [0.2, 0.25) is 5.02 Å². The maximum Gasteiger partial charge on any atom is 0.229 e. The Balaban J connectivity index is 1.62. The van der Waals surface area contributed by atoms with E-state index in [2.05, 4.69) is 15.4 Å². The van der Waals surface area contributed by atoms with Crippen LogP contribution in [0.15, 0.2) is 66.0 Å². The van der Waals surface area contributed by atoms with Crippen LogP contribution >= 0.6 is 23.4 Å². The van der Waals surface area contributed by atoms with Crippen molar-refractivity contribution in [2.45, 2.75) is 18.2 Å². The van der Waals surface area contributed by atoms with Crippen LogP contribution in [-0.2, 0) is 16.0 Å². The summed E-state index contributed by atoms with van der Waals surface area (Å²) in [5.41, 5.74) is 2.50. The highest BCUT2D eigenvalue weighted by Gasteiger charge is 2.21. The van der Waals surface area contributed by atoms with E-state index < -0.39 is 5.82 Å². The average molecular weight is 484 g/mol. The Morgan fingerprint density at radius 3 is 2.73 bits per heavy atom. The van der Waals surface area contributed by atoms with Gasteiger partial charge >= 0.3 is 0 Å². The minimum Gasteiger partial charge on any atom is -0.326 e. The lowest BCUT2D eigenvalue weighted by molar-refractivity contribution is -0.116. The van der Waals surface area contributed by atoms with Gasteiger partial charge in [-0.2, -0.15) is 5.10 Å². The van der Waals surface area contributed by atoms with Crippen LogP contribution in [0.4, 0.5) is 21.6 Å². The quantitative estimate of drug-likeness (QED) is 0.385. The molecule has 0 fully saturated rings. The van der Waals surface area contributed by atoms with E-state index in [0.29, 0.717) is 22.8 Å². The van der Waals surface area contributed by atoms with Crippen molar-refractivity contribution in [2.24, 2.45) is 0 Å². The van der Waals surface area contributed by atoms with Crippen LogP contribution in [-0.4, -0.2) is 32.7 Å². The molecule has 1 aromatic carbocycles. The lowest BCUT2D eigenvalue weighted by Gasteiger charge is -2.23. The van der Waals surface area contributed by atoms with Crippen molar-refractivity contribution in [3.05, 3.63) is 77.5 Å². The number of nitrogens with zero attached hydrogens (tertiary/aromatic N) is 4. The van der Waals surface area contributed by atoms with Crippen LogP contribution < -0.4 is 10.2 Å². The first kappa shape index (κ1) is 22.8. The van der Waals surface area contributed by atoms with Crippen molar-refractivity contribution < 1.29 is 14.0 Å². The van der Waals surface area contributed by atoms with Crippen LogP contribution in [0, 0.1) is 5.82 Å². The third kappa shape index (κ3) is 4.84. The second kappa shape index (κ2) is 9.60. The first-order valence-electron chi connectivity index (χ1n) is 9.88. The molecule has 0 aliphatic carbocycles. The van der Waals surface area contributed by atoms with E-state index in [1.165, 1.54) is 48.0 Å². The number of hydrogen-bond acceptors (Lipinski definition) is 5. The molecule has 0 saturated heterocycles. The summed E-state index contributed by atoms with van der Waals surface area (Å²) < 4.78 is 15.0. The summed E-state index contributed by atoms with van der Waals surface area (Å²) in [7, 11) is 0. The number of fused-ring (bicyclic) bond motifs is 1. The molecule has 3 heterocycles. The number of anilines is 3. The van der Waals surface area contributed by atoms with Gasteiger partial charge in [0, 0.05) is 36.1 Å². The summed E-state index contributed by atoms with van der Waals surface area (Å²) >= 11 is 7.52. The average Bonchev–Trinajstić information content (AvgIpc) is 3.25. The third-order valence-electron chi connectivity index (χ3n) is 4.89. The summed E-state index contributed by atoms with van der Waals surface area (Å²) in [6, 6.07) is 10.8. The maximum atomic E-state index is 13.2. The lowest BCUT2D eigenvalue weighted by Crippen LogP contribution is -2.25. The molecule has 0 aliphatic rings. The number of aromatic nitrogens is 3. The monoisotopic (exact) mass is 483 g/mol. The van der Waals surface area contributed by atoms with Gasteiger partial charge in [0.1, 0.15) is 11.6 Å². The number of carbonyl (C=O) groups excluding carboxylic acids is 2. The summed E-state index contributed by atoms with van der Waals surface area (Å²) in [4.78, 5) is 31.9. The summed E-state index contributed by atoms with van der Waals surface area (Å²) in [5, 5.41) is 7.21. The van der Waals surface area contributed by atoms with Gasteiger partial charge in [0.2, 0.25) is 11.8 Å². The molecule has 0 saturated carbocycles. The lowest BCUT2D eigenvalue weighted by atomic mass is 10.1. The maximum absolute atomic E-state index is 13.2. The normalized spacial score (nSPS) is 10.9. The molecule has 0 unspecified atom stereocenters. The van der Waals surface area contributed by atoms with Gasteiger partial charge in [0.05, 0.1) is 28.7 Å². The van der Waals surface area contributed by atoms with Gasteiger partial charge in [0.25, 0.3) is 0 Å². The fraction of sp³-hybridized carbons (Fsp3) is 0.130. The molecule has 7 nitrogen and oxygen atoms in total. The van der Waals surface area contributed by atoms with E-state index >= 15 is 0 Å². The van der Waals surface area contributed by atoms with Gasteiger partial charge in [0.15, 0.2) is 0 Å². The van der Waals surface area contributed by atoms with Gasteiger partial charge in [-0.25, -0.2) is 13.9 Å². The van der Waals surface area contributed by atoms with E-state index in [1.807, 2.05) is 12.3 Å². The fourth-order valence-electron chi connectivity index (χ4n) is 3.46. The molecule has 1 N–H and O–H groups in total. The highest BCUT2D eigenvalue weighted by Crippen LogP contribution is 2.36. The smallest absolute Gasteiger partial charge is 0.229 e. The molecule has 0 atom stereocenters. The number of benzene rings is 1. The zero-order valence-electron chi connectivity index (χ0n) is 17.8. The van der Waals surface area contributed by atoms with E-state index in [1.54, 1.807) is 35.1 Å². The molecule has 3 aromatic heterocycles. The zero-order valence-corrected chi connectivity index (χ0v) is 19.3. The Morgan fingerprint density at radius 1 is 1.18 bits per heavy atom. The number of carbonyl (C=O) groups is 2. The molecule has 4 rings (SSSR count). The second-order valence-corrected chi connectivity index (χ2v) is 8.34. The van der Waals surface area contributed by atoms with E-state index in [-0.39, 0.29) is 23.3 Å². The van der Waals surface area contributed by atoms with Crippen molar-refractivity contribution in [1.82, 2.24) is 14.6 Å². The van der Waals surface area contributed by atoms with Crippen molar-refractivity contribution in [3.63, 3.8) is 0 Å². The molecular weight excluding hydrogens is 465 g/mol. The number of rotatable bonds is 6. The highest BCUT2D eigenvalue weighted by molar-refractivity contribution is 7.99. The molecule has 33 heavy (non-hydrogen) atoms. The van der Waals surface area contributed by atoms with Gasteiger partial charge in [-0.3, -0.25) is 14.5 Å². The predicted octanol–water partition coefficient (Wildman–Crippen LogP) is 5.11. The van der Waals surface area contributed by atoms with E-state index in [9.17, 15) is 14.0 Å². The van der Waals surface area contributed by atoms with Crippen molar-refractivity contribution in [3.8, 4) is 0 Å². The highest BCUT2D eigenvalue weighted by atomic mass is 35.5. The number of thioether (sulfide) groups is 1.